The number of rotatable bonds is 5. The van der Waals surface area contributed by atoms with Crippen molar-refractivity contribution in [1.82, 2.24) is 14.7 Å². The largest absolute Gasteiger partial charge is 0.369 e. The zero-order chi connectivity index (χ0) is 14.0. The van der Waals surface area contributed by atoms with Crippen molar-refractivity contribution in [2.45, 2.75) is 18.7 Å². The van der Waals surface area contributed by atoms with E-state index in [4.69, 9.17) is 17.3 Å². The summed E-state index contributed by atoms with van der Waals surface area (Å²) in [7, 11) is -3.79. The first-order chi connectivity index (χ1) is 8.15. The van der Waals surface area contributed by atoms with Gasteiger partial charge in [0.2, 0.25) is 21.2 Å². The maximum atomic E-state index is 11.8. The van der Waals surface area contributed by atoms with Gasteiger partial charge in [0, 0.05) is 6.54 Å². The number of aromatic nitrogens is 2. The van der Waals surface area contributed by atoms with E-state index in [9.17, 15) is 13.2 Å². The summed E-state index contributed by atoms with van der Waals surface area (Å²) in [4.78, 5) is 18.1. The zero-order valence-corrected chi connectivity index (χ0v) is 11.4. The minimum atomic E-state index is -3.79. The topological polar surface area (TPSA) is 115 Å². The van der Waals surface area contributed by atoms with Crippen LogP contribution < -0.4 is 10.5 Å². The average Bonchev–Trinajstić information content (AvgIpc) is 2.27. The number of carbonyl (C=O) groups is 1. The molecular formula is C9H13ClN4O3S. The number of sulfonamides is 1. The molecule has 100 valence electrons. The highest BCUT2D eigenvalue weighted by Crippen LogP contribution is 2.14. The molecule has 7 nitrogen and oxygen atoms in total. The van der Waals surface area contributed by atoms with Crippen molar-refractivity contribution in [3.05, 3.63) is 17.7 Å². The van der Waals surface area contributed by atoms with E-state index in [2.05, 4.69) is 14.7 Å². The van der Waals surface area contributed by atoms with Crippen LogP contribution in [0.5, 0.6) is 0 Å². The molecule has 0 unspecified atom stereocenters. The van der Waals surface area contributed by atoms with Crippen molar-refractivity contribution in [3.63, 3.8) is 0 Å². The summed E-state index contributed by atoms with van der Waals surface area (Å²) in [6.07, 6.45) is 2.16. The SMILES string of the molecule is CC(C)(CNS(=O)(=O)c1cnc(Cl)nc1)C(N)=O. The van der Waals surface area contributed by atoms with Crippen molar-refractivity contribution in [3.8, 4) is 0 Å². The number of nitrogens with one attached hydrogen (secondary N) is 1. The monoisotopic (exact) mass is 292 g/mol. The smallest absolute Gasteiger partial charge is 0.243 e. The van der Waals surface area contributed by atoms with Gasteiger partial charge in [-0.05, 0) is 25.4 Å². The third-order valence-corrected chi connectivity index (χ3v) is 3.83. The first-order valence-corrected chi connectivity index (χ1v) is 6.78. The average molecular weight is 293 g/mol. The molecule has 0 atom stereocenters. The van der Waals surface area contributed by atoms with Gasteiger partial charge >= 0.3 is 0 Å². The molecule has 0 saturated heterocycles. The minimum absolute atomic E-state index is 0.0496. The molecule has 1 heterocycles. The van der Waals surface area contributed by atoms with Gasteiger partial charge in [-0.2, -0.15) is 0 Å². The van der Waals surface area contributed by atoms with Gasteiger partial charge in [-0.3, -0.25) is 4.79 Å². The predicted molar refractivity (Wildman–Crippen MR) is 65.2 cm³/mol. The number of amides is 1. The Balaban J connectivity index is 2.84. The first kappa shape index (κ1) is 14.8. The molecule has 1 amide bonds. The lowest BCUT2D eigenvalue weighted by molar-refractivity contribution is -0.125. The van der Waals surface area contributed by atoms with Gasteiger partial charge in [-0.1, -0.05) is 0 Å². The summed E-state index contributed by atoms with van der Waals surface area (Å²) >= 11 is 5.45. The summed E-state index contributed by atoms with van der Waals surface area (Å²) in [6.45, 7) is 2.96. The highest BCUT2D eigenvalue weighted by atomic mass is 35.5. The summed E-state index contributed by atoms with van der Waals surface area (Å²) in [5, 5.41) is -0.0496. The fourth-order valence-corrected chi connectivity index (χ4v) is 2.08. The molecule has 0 bridgehead atoms. The Morgan fingerprint density at radius 1 is 1.44 bits per heavy atom. The lowest BCUT2D eigenvalue weighted by Crippen LogP contribution is -2.42. The molecule has 0 saturated carbocycles. The Bertz CT molecular complexity index is 541. The Kier molecular flexibility index (Phi) is 4.25. The van der Waals surface area contributed by atoms with Crippen LogP contribution in [0.1, 0.15) is 13.8 Å². The molecule has 1 aromatic heterocycles. The van der Waals surface area contributed by atoms with Gasteiger partial charge in [0.15, 0.2) is 0 Å². The molecule has 0 aliphatic heterocycles. The summed E-state index contributed by atoms with van der Waals surface area (Å²) < 4.78 is 25.9. The Hall–Kier alpha value is -1.25. The van der Waals surface area contributed by atoms with Crippen molar-refractivity contribution in [2.75, 3.05) is 6.54 Å². The lowest BCUT2D eigenvalue weighted by atomic mass is 9.93. The molecule has 9 heteroatoms. The van der Waals surface area contributed by atoms with E-state index in [0.29, 0.717) is 0 Å². The molecule has 18 heavy (non-hydrogen) atoms. The Morgan fingerprint density at radius 2 is 1.94 bits per heavy atom. The minimum Gasteiger partial charge on any atom is -0.369 e. The van der Waals surface area contributed by atoms with Crippen molar-refractivity contribution < 1.29 is 13.2 Å². The molecule has 3 N–H and O–H groups in total. The number of carbonyl (C=O) groups excluding carboxylic acids is 1. The van der Waals surface area contributed by atoms with E-state index >= 15 is 0 Å². The maximum Gasteiger partial charge on any atom is 0.243 e. The standard InChI is InChI=1S/C9H13ClN4O3S/c1-9(2,7(11)15)5-14-18(16,17)6-3-12-8(10)13-4-6/h3-4,14H,5H2,1-2H3,(H2,11,15). The highest BCUT2D eigenvalue weighted by molar-refractivity contribution is 7.89. The van der Waals surface area contributed by atoms with Gasteiger partial charge in [0.05, 0.1) is 17.8 Å². The van der Waals surface area contributed by atoms with E-state index in [1.165, 1.54) is 13.8 Å². The quantitative estimate of drug-likeness (QED) is 0.737. The van der Waals surface area contributed by atoms with Crippen molar-refractivity contribution in [1.29, 1.82) is 0 Å². The van der Waals surface area contributed by atoms with E-state index in [1.54, 1.807) is 0 Å². The van der Waals surface area contributed by atoms with Crippen LogP contribution in [0.4, 0.5) is 0 Å². The lowest BCUT2D eigenvalue weighted by Gasteiger charge is -2.20. The second-order valence-electron chi connectivity index (χ2n) is 4.26. The van der Waals surface area contributed by atoms with Crippen LogP contribution in [0.15, 0.2) is 17.3 Å². The Labute approximate surface area is 110 Å². The zero-order valence-electron chi connectivity index (χ0n) is 9.84. The molecule has 1 aromatic rings. The van der Waals surface area contributed by atoms with Gasteiger partial charge in [-0.15, -0.1) is 0 Å². The van der Waals surface area contributed by atoms with Crippen LogP contribution >= 0.6 is 11.6 Å². The van der Waals surface area contributed by atoms with Gasteiger partial charge in [-0.25, -0.2) is 23.1 Å². The molecule has 0 aliphatic rings. The van der Waals surface area contributed by atoms with Crippen LogP contribution in [0, 0.1) is 5.41 Å². The number of hydrogen-bond donors (Lipinski definition) is 2. The molecule has 0 radical (unpaired) electrons. The molecule has 0 fully saturated rings. The number of nitrogens with two attached hydrogens (primary N) is 1. The number of nitrogens with zero attached hydrogens (tertiary/aromatic N) is 2. The number of hydrogen-bond acceptors (Lipinski definition) is 5. The fraction of sp³-hybridized carbons (Fsp3) is 0.444. The maximum absolute atomic E-state index is 11.8. The predicted octanol–water partition coefficient (Wildman–Crippen LogP) is -0.0802. The first-order valence-electron chi connectivity index (χ1n) is 4.92. The second-order valence-corrected chi connectivity index (χ2v) is 6.37. The van der Waals surface area contributed by atoms with Gasteiger partial charge in [0.1, 0.15) is 4.90 Å². The van der Waals surface area contributed by atoms with E-state index in [1.807, 2.05) is 0 Å². The molecule has 0 aromatic carbocycles. The molecule has 1 rings (SSSR count). The third-order valence-electron chi connectivity index (χ3n) is 2.28. The van der Waals surface area contributed by atoms with Crippen molar-refractivity contribution >= 4 is 27.5 Å². The molecule has 0 spiro atoms. The van der Waals surface area contributed by atoms with E-state index < -0.39 is 21.3 Å². The normalized spacial score (nSPS) is 12.4. The van der Waals surface area contributed by atoms with Gasteiger partial charge in [0.25, 0.3) is 0 Å². The van der Waals surface area contributed by atoms with E-state index in [-0.39, 0.29) is 16.7 Å². The van der Waals surface area contributed by atoms with Crippen LogP contribution in [-0.2, 0) is 14.8 Å². The second kappa shape index (κ2) is 5.17. The Morgan fingerprint density at radius 3 is 2.39 bits per heavy atom. The van der Waals surface area contributed by atoms with Crippen LogP contribution in [0.2, 0.25) is 5.28 Å². The fourth-order valence-electron chi connectivity index (χ4n) is 0.885. The van der Waals surface area contributed by atoms with Crippen molar-refractivity contribution in [2.24, 2.45) is 11.1 Å². The summed E-state index contributed by atoms with van der Waals surface area (Å²) in [5.41, 5.74) is 4.16. The number of halogens is 1. The van der Waals surface area contributed by atoms with Crippen LogP contribution in [0.25, 0.3) is 0 Å². The van der Waals surface area contributed by atoms with Gasteiger partial charge < -0.3 is 5.73 Å². The van der Waals surface area contributed by atoms with E-state index in [0.717, 1.165) is 12.4 Å². The van der Waals surface area contributed by atoms with Crippen LogP contribution in [-0.4, -0.2) is 30.8 Å². The molecule has 0 aliphatic carbocycles. The number of primary amides is 1. The summed E-state index contributed by atoms with van der Waals surface area (Å²) in [5.74, 6) is -0.599. The molecular weight excluding hydrogens is 280 g/mol. The third kappa shape index (κ3) is 3.62. The van der Waals surface area contributed by atoms with Crippen LogP contribution in [0.3, 0.4) is 0 Å². The summed E-state index contributed by atoms with van der Waals surface area (Å²) in [6, 6.07) is 0. The highest BCUT2D eigenvalue weighted by Gasteiger charge is 2.27.